The van der Waals surface area contributed by atoms with E-state index in [4.69, 9.17) is 33.8 Å². The van der Waals surface area contributed by atoms with E-state index in [1.54, 1.807) is 27.7 Å². The minimum atomic E-state index is -1.79. The van der Waals surface area contributed by atoms with Crippen LogP contribution in [0.25, 0.3) is 0 Å². The second-order valence-electron chi connectivity index (χ2n) is 17.4. The molecule has 392 valence electrons. The van der Waals surface area contributed by atoms with Crippen molar-refractivity contribution in [2.45, 2.75) is 167 Å². The van der Waals surface area contributed by atoms with E-state index in [1.807, 2.05) is 13.8 Å². The van der Waals surface area contributed by atoms with E-state index in [-0.39, 0.29) is 57.1 Å². The first-order chi connectivity index (χ1) is 32.3. The summed E-state index contributed by atoms with van der Waals surface area (Å²) in [6, 6.07) is -11.3. The van der Waals surface area contributed by atoms with Gasteiger partial charge in [-0.3, -0.25) is 52.9 Å². The van der Waals surface area contributed by atoms with Gasteiger partial charge in [-0.1, -0.05) is 54.4 Å². The molecule has 0 unspecified atom stereocenters. The Labute approximate surface area is 402 Å². The summed E-state index contributed by atoms with van der Waals surface area (Å²) >= 11 is 0. The molecule has 8 amide bonds. The lowest BCUT2D eigenvalue weighted by Gasteiger charge is -2.30. The molecule has 0 aliphatic heterocycles. The van der Waals surface area contributed by atoms with E-state index in [9.17, 15) is 57.8 Å². The second kappa shape index (κ2) is 33.1. The number of unbranched alkanes of at least 4 members (excludes halogenated alkanes) is 1. The Bertz CT molecular complexity index is 1780. The normalized spacial score (nSPS) is 15.4. The van der Waals surface area contributed by atoms with Gasteiger partial charge >= 0.3 is 11.9 Å². The molecule has 0 saturated heterocycles. The maximum atomic E-state index is 14.2. The molecule has 0 aromatic rings. The van der Waals surface area contributed by atoms with Crippen LogP contribution in [-0.2, 0) is 52.7 Å². The molecule has 26 heteroatoms. The van der Waals surface area contributed by atoms with Crippen molar-refractivity contribution in [3.05, 3.63) is 0 Å². The maximum absolute atomic E-state index is 14.2. The molecule has 0 saturated carbocycles. The molecule has 10 atom stereocenters. The van der Waals surface area contributed by atoms with Gasteiger partial charge in [0.05, 0.1) is 24.9 Å². The summed E-state index contributed by atoms with van der Waals surface area (Å²) in [5, 5.41) is 36.3. The van der Waals surface area contributed by atoms with Crippen LogP contribution in [0.15, 0.2) is 4.99 Å². The maximum Gasteiger partial charge on any atom is 0.305 e. The van der Waals surface area contributed by atoms with Crippen LogP contribution >= 0.6 is 0 Å². The SMILES string of the molecule is CC[C@H](C)[C@H](NC(=O)[C@H](CC(=O)O)NC(=O)[C@H](CCCN=C(N)N)NC(=O)[C@@H](NC(=O)[C@H](CCC(N)=O)NC(=O)[C@H](CCCCN)NC(=O)[C@@H](N)CC(=O)O)[C@@H](C)CC)C(=O)N[C@H](C=O)CC(C)C. The molecular formula is C43H77N13O13. The highest BCUT2D eigenvalue weighted by Gasteiger charge is 2.37. The zero-order valence-corrected chi connectivity index (χ0v) is 40.5. The second-order valence-corrected chi connectivity index (χ2v) is 17.4. The van der Waals surface area contributed by atoms with Crippen molar-refractivity contribution in [3.63, 3.8) is 0 Å². The highest BCUT2D eigenvalue weighted by molar-refractivity contribution is 5.98. The number of primary amides is 1. The molecule has 0 spiro atoms. The average molecular weight is 984 g/mol. The molecule has 0 aromatic heterocycles. The molecule has 26 nitrogen and oxygen atoms in total. The molecule has 0 fully saturated rings. The molecule has 0 bridgehead atoms. The van der Waals surface area contributed by atoms with Crippen molar-refractivity contribution >= 4 is 71.4 Å². The van der Waals surface area contributed by atoms with E-state index in [2.05, 4.69) is 42.2 Å². The van der Waals surface area contributed by atoms with Crippen LogP contribution < -0.4 is 65.9 Å². The van der Waals surface area contributed by atoms with Gasteiger partial charge in [0.15, 0.2) is 5.96 Å². The number of aliphatic imine (C=N–C) groups is 1. The van der Waals surface area contributed by atoms with E-state index in [1.165, 1.54) is 0 Å². The Balaban J connectivity index is 6.84. The minimum absolute atomic E-state index is 0.00766. The first-order valence-corrected chi connectivity index (χ1v) is 23.1. The molecule has 69 heavy (non-hydrogen) atoms. The predicted octanol–water partition coefficient (Wildman–Crippen LogP) is -3.56. The quantitative estimate of drug-likeness (QED) is 0.0125. The summed E-state index contributed by atoms with van der Waals surface area (Å²) in [5.74, 6) is -11.7. The first-order valence-electron chi connectivity index (χ1n) is 23.1. The van der Waals surface area contributed by atoms with Crippen molar-refractivity contribution in [3.8, 4) is 0 Å². The summed E-state index contributed by atoms with van der Waals surface area (Å²) in [5.41, 5.74) is 27.6. The van der Waals surface area contributed by atoms with Gasteiger partial charge in [-0.05, 0) is 69.2 Å². The molecule has 0 aliphatic rings. The van der Waals surface area contributed by atoms with Crippen LogP contribution in [0.2, 0.25) is 0 Å². The zero-order valence-electron chi connectivity index (χ0n) is 40.5. The van der Waals surface area contributed by atoms with Crippen LogP contribution in [0, 0.1) is 17.8 Å². The standard InChI is InChI=1S/C43H77N13O13/c1-7-23(5)34(41(68)50-25(21-57)18-22(3)4)56-40(67)30(20-33(61)62)54-38(65)28(13-11-17-49-43(47)48)53-42(69)35(24(6)8-2)55-39(66)29(14-15-31(46)58)52-37(64)27(12-9-10-16-44)51-36(63)26(45)19-32(59)60/h21-30,34-35H,7-20,44-45H2,1-6H3,(H2,46,58)(H,50,68)(H,51,63)(H,52,64)(H,53,69)(H,54,65)(H,55,66)(H,56,67)(H,59,60)(H,61,62)(H4,47,48,49)/t23-,24-,25-,26-,27-,28-,29-,30-,34-,35-/m0/s1. The fraction of sp³-hybridized carbons (Fsp3) is 0.721. The van der Waals surface area contributed by atoms with E-state index >= 15 is 0 Å². The zero-order chi connectivity index (χ0) is 53.0. The van der Waals surface area contributed by atoms with E-state index in [0.29, 0.717) is 32.0 Å². The van der Waals surface area contributed by atoms with Gasteiger partial charge in [-0.25, -0.2) is 0 Å². The number of aldehydes is 1. The summed E-state index contributed by atoms with van der Waals surface area (Å²) in [7, 11) is 0. The van der Waals surface area contributed by atoms with Gasteiger partial charge < -0.3 is 80.9 Å². The molecule has 0 aromatic carbocycles. The Morgan fingerprint density at radius 2 is 1.00 bits per heavy atom. The summed E-state index contributed by atoms with van der Waals surface area (Å²) in [6.45, 7) is 10.6. The number of hydrogen-bond acceptors (Lipinski definition) is 14. The molecule has 0 rings (SSSR count). The lowest BCUT2D eigenvalue weighted by Crippen LogP contribution is -2.61. The smallest absolute Gasteiger partial charge is 0.305 e. The Morgan fingerprint density at radius 3 is 1.45 bits per heavy atom. The van der Waals surface area contributed by atoms with E-state index in [0.717, 1.165) is 0 Å². The predicted molar refractivity (Wildman–Crippen MR) is 252 cm³/mol. The molecule has 0 aliphatic carbocycles. The number of carboxylic acids is 2. The monoisotopic (exact) mass is 984 g/mol. The number of hydrogen-bond donors (Lipinski definition) is 14. The lowest BCUT2D eigenvalue weighted by molar-refractivity contribution is -0.142. The Kier molecular flexibility index (Phi) is 30.0. The number of carbonyl (C=O) groups is 11. The number of nitrogens with two attached hydrogens (primary N) is 5. The van der Waals surface area contributed by atoms with Gasteiger partial charge in [-0.2, -0.15) is 0 Å². The summed E-state index contributed by atoms with van der Waals surface area (Å²) in [4.78, 5) is 146. The van der Waals surface area contributed by atoms with Gasteiger partial charge in [0, 0.05) is 13.0 Å². The number of carboxylic acid groups (broad SMARTS) is 2. The Morgan fingerprint density at radius 1 is 0.565 bits per heavy atom. The third kappa shape index (κ3) is 25.5. The minimum Gasteiger partial charge on any atom is -0.481 e. The number of carbonyl (C=O) groups excluding carboxylic acids is 9. The van der Waals surface area contributed by atoms with E-state index < -0.39 is 139 Å². The summed E-state index contributed by atoms with van der Waals surface area (Å²) in [6.07, 6.45) is -0.376. The number of aliphatic carboxylic acids is 2. The van der Waals surface area contributed by atoms with Crippen LogP contribution in [0.3, 0.4) is 0 Å². The third-order valence-corrected chi connectivity index (χ3v) is 11.0. The number of nitrogens with zero attached hydrogens (tertiary/aromatic N) is 1. The van der Waals surface area contributed by atoms with Gasteiger partial charge in [0.2, 0.25) is 47.3 Å². The number of rotatable bonds is 36. The fourth-order valence-electron chi connectivity index (χ4n) is 6.68. The van der Waals surface area contributed by atoms with Gasteiger partial charge in [0.1, 0.15) is 42.5 Å². The average Bonchev–Trinajstić information content (AvgIpc) is 3.27. The molecule has 19 N–H and O–H groups in total. The summed E-state index contributed by atoms with van der Waals surface area (Å²) < 4.78 is 0. The highest BCUT2D eigenvalue weighted by atomic mass is 16.4. The first kappa shape index (κ1) is 62.6. The fourth-order valence-corrected chi connectivity index (χ4v) is 6.68. The third-order valence-electron chi connectivity index (χ3n) is 11.0. The van der Waals surface area contributed by atoms with Crippen molar-refractivity contribution < 1.29 is 63.0 Å². The van der Waals surface area contributed by atoms with Crippen molar-refractivity contribution in [2.24, 2.45) is 51.4 Å². The van der Waals surface area contributed by atoms with Crippen LogP contribution in [0.5, 0.6) is 0 Å². The number of nitrogens with one attached hydrogen (secondary N) is 7. The molecule has 0 radical (unpaired) electrons. The number of amides is 8. The number of guanidine groups is 1. The van der Waals surface area contributed by atoms with Crippen molar-refractivity contribution in [2.75, 3.05) is 13.1 Å². The lowest BCUT2D eigenvalue weighted by atomic mass is 9.96. The van der Waals surface area contributed by atoms with Crippen molar-refractivity contribution in [1.82, 2.24) is 37.2 Å². The highest BCUT2D eigenvalue weighted by Crippen LogP contribution is 2.14. The Hall–Kier alpha value is -6.44. The van der Waals surface area contributed by atoms with Gasteiger partial charge in [-0.15, -0.1) is 0 Å². The molecule has 0 heterocycles. The largest absolute Gasteiger partial charge is 0.481 e. The van der Waals surface area contributed by atoms with Crippen LogP contribution in [0.1, 0.15) is 119 Å². The molecular weight excluding hydrogens is 907 g/mol. The van der Waals surface area contributed by atoms with Crippen LogP contribution in [-0.4, -0.2) is 143 Å². The van der Waals surface area contributed by atoms with Crippen LogP contribution in [0.4, 0.5) is 0 Å². The van der Waals surface area contributed by atoms with Gasteiger partial charge in [0.25, 0.3) is 0 Å². The van der Waals surface area contributed by atoms with Crippen molar-refractivity contribution in [1.29, 1.82) is 0 Å². The topological polar surface area (TPSA) is 455 Å².